The molecule has 1 aromatic carbocycles. The molecular weight excluding hydrogens is 434 g/mol. The van der Waals surface area contributed by atoms with Gasteiger partial charge in [-0.15, -0.1) is 0 Å². The minimum absolute atomic E-state index is 0.275. The summed E-state index contributed by atoms with van der Waals surface area (Å²) in [5, 5.41) is 0.871. The van der Waals surface area contributed by atoms with E-state index in [1.807, 2.05) is 18.2 Å². The number of fused-ring (bicyclic) bond motifs is 1. The maximum Gasteiger partial charge on any atom is 0.379 e. The zero-order valence-electron chi connectivity index (χ0n) is 8.15. The van der Waals surface area contributed by atoms with Crippen LogP contribution in [0.5, 0.6) is 5.75 Å². The number of rotatable bonds is 3. The molecule has 0 aliphatic heterocycles. The Kier molecular flexibility index (Phi) is 4.06. The van der Waals surface area contributed by atoms with Gasteiger partial charge in [0.1, 0.15) is 12.2 Å². The molecule has 16 heavy (non-hydrogen) atoms. The smallest absolute Gasteiger partial charge is 0.379 e. The largest absolute Gasteiger partial charge is 0.485 e. The zero-order chi connectivity index (χ0) is 11.5. The number of ether oxygens (including phenoxy) is 1. The van der Waals surface area contributed by atoms with Crippen molar-refractivity contribution in [3.8, 4) is 5.75 Å². The molecule has 0 radical (unpaired) electrons. The second-order valence-corrected chi connectivity index (χ2v) is 8.53. The van der Waals surface area contributed by atoms with E-state index in [0.717, 1.165) is 5.39 Å². The summed E-state index contributed by atoms with van der Waals surface area (Å²) in [6.45, 7) is 0.490. The van der Waals surface area contributed by atoms with Gasteiger partial charge < -0.3 is 9.15 Å². The van der Waals surface area contributed by atoms with Crippen molar-refractivity contribution in [1.82, 2.24) is 0 Å². The third kappa shape index (κ3) is 2.88. The summed E-state index contributed by atoms with van der Waals surface area (Å²) in [4.78, 5) is 11.5. The highest BCUT2D eigenvalue weighted by Crippen LogP contribution is 2.18. The van der Waals surface area contributed by atoms with Crippen LogP contribution >= 0.6 is 45.2 Å². The van der Waals surface area contributed by atoms with Gasteiger partial charge in [-0.2, -0.15) is 0 Å². The topological polar surface area (TPSA) is 39.4 Å². The monoisotopic (exact) mass is 442 g/mol. The fourth-order valence-corrected chi connectivity index (χ4v) is 1.66. The van der Waals surface area contributed by atoms with Crippen LogP contribution in [0.3, 0.4) is 0 Å². The highest BCUT2D eigenvalue weighted by molar-refractivity contribution is 14.2. The van der Waals surface area contributed by atoms with E-state index >= 15 is 0 Å². The first-order valence-electron chi connectivity index (χ1n) is 4.60. The van der Waals surface area contributed by atoms with Crippen LogP contribution in [-0.2, 0) is 0 Å². The zero-order valence-corrected chi connectivity index (χ0v) is 12.5. The minimum Gasteiger partial charge on any atom is -0.485 e. The van der Waals surface area contributed by atoms with E-state index in [4.69, 9.17) is 9.15 Å². The Balaban J connectivity index is 2.38. The van der Waals surface area contributed by atoms with Gasteiger partial charge in [-0.05, 0) is 12.1 Å². The van der Waals surface area contributed by atoms with Crippen LogP contribution in [0.25, 0.3) is 11.0 Å². The number of hydrogen-bond donors (Lipinski definition) is 0. The molecule has 0 fully saturated rings. The van der Waals surface area contributed by atoms with Crippen molar-refractivity contribution in [2.75, 3.05) is 6.61 Å². The Morgan fingerprint density at radius 1 is 1.31 bits per heavy atom. The number of halogens is 2. The number of alkyl halides is 2. The third-order valence-electron chi connectivity index (χ3n) is 1.97. The molecule has 0 unspecified atom stereocenters. The first kappa shape index (κ1) is 12.2. The summed E-state index contributed by atoms with van der Waals surface area (Å²) < 4.78 is 10.8. The minimum atomic E-state index is -0.424. The molecule has 0 N–H and O–H groups in total. The molecule has 84 valence electrons. The second-order valence-electron chi connectivity index (χ2n) is 3.14. The van der Waals surface area contributed by atoms with Gasteiger partial charge in [0, 0.05) is 5.39 Å². The fourth-order valence-electron chi connectivity index (χ4n) is 1.30. The van der Waals surface area contributed by atoms with Gasteiger partial charge in [0.2, 0.25) is 5.75 Å². The Morgan fingerprint density at radius 3 is 2.81 bits per heavy atom. The second kappa shape index (κ2) is 5.35. The third-order valence-corrected chi connectivity index (χ3v) is 2.69. The van der Waals surface area contributed by atoms with Gasteiger partial charge in [0.25, 0.3) is 0 Å². The number of hydrogen-bond acceptors (Lipinski definition) is 3. The first-order chi connectivity index (χ1) is 7.66. The average Bonchev–Trinajstić information content (AvgIpc) is 2.26. The van der Waals surface area contributed by atoms with E-state index in [0.29, 0.717) is 14.1 Å². The van der Waals surface area contributed by atoms with E-state index in [9.17, 15) is 4.79 Å². The number of para-hydroxylation sites is 1. The molecule has 0 bridgehead atoms. The molecule has 0 atom stereocenters. The highest BCUT2D eigenvalue weighted by atomic mass is 127. The van der Waals surface area contributed by atoms with Gasteiger partial charge in [0.05, 0.1) is 1.93 Å². The van der Waals surface area contributed by atoms with Gasteiger partial charge in [-0.25, -0.2) is 4.79 Å². The van der Waals surface area contributed by atoms with E-state index in [-0.39, 0.29) is 5.75 Å². The summed E-state index contributed by atoms with van der Waals surface area (Å²) in [5.74, 6) is 0.275. The molecule has 0 spiro atoms. The van der Waals surface area contributed by atoms with Gasteiger partial charge in [-0.1, -0.05) is 63.4 Å². The highest BCUT2D eigenvalue weighted by Gasteiger charge is 2.07. The summed E-state index contributed by atoms with van der Waals surface area (Å²) in [6, 6.07) is 9.09. The standard InChI is InChI=1S/C11H8I2O3/c12-10(13)6-15-9-5-7-3-1-2-4-8(7)16-11(9)14/h1-5,10H,6H2. The molecule has 2 rings (SSSR count). The SMILES string of the molecule is O=c1oc2ccccc2cc1OCC(I)I. The van der Waals surface area contributed by atoms with E-state index < -0.39 is 5.63 Å². The Labute approximate surface area is 119 Å². The molecule has 0 aliphatic carbocycles. The molecule has 2 aromatic rings. The molecule has 1 heterocycles. The van der Waals surface area contributed by atoms with Crippen LogP contribution in [0, 0.1) is 0 Å². The van der Waals surface area contributed by atoms with Gasteiger partial charge >= 0.3 is 5.63 Å². The molecule has 1 aromatic heterocycles. The van der Waals surface area contributed by atoms with Crippen LogP contribution in [0.15, 0.2) is 39.5 Å². The summed E-state index contributed by atoms with van der Waals surface area (Å²) in [5.41, 5.74) is 0.160. The molecule has 0 aliphatic rings. The molecular formula is C11H8I2O3. The maximum absolute atomic E-state index is 11.5. The van der Waals surface area contributed by atoms with Crippen molar-refractivity contribution in [1.29, 1.82) is 0 Å². The summed E-state index contributed by atoms with van der Waals surface area (Å²) >= 11 is 4.46. The van der Waals surface area contributed by atoms with Gasteiger partial charge in [0.15, 0.2) is 0 Å². The van der Waals surface area contributed by atoms with E-state index in [1.165, 1.54) is 0 Å². The number of benzene rings is 1. The fraction of sp³-hybridized carbons (Fsp3) is 0.182. The van der Waals surface area contributed by atoms with Crippen molar-refractivity contribution in [2.45, 2.75) is 1.93 Å². The lowest BCUT2D eigenvalue weighted by atomic mass is 10.2. The Hall–Kier alpha value is -0.310. The molecule has 5 heteroatoms. The Morgan fingerprint density at radius 2 is 2.06 bits per heavy atom. The molecule has 3 nitrogen and oxygen atoms in total. The summed E-state index contributed by atoms with van der Waals surface area (Å²) in [6.07, 6.45) is 0. The van der Waals surface area contributed by atoms with Crippen LogP contribution in [0.1, 0.15) is 0 Å². The van der Waals surface area contributed by atoms with E-state index in [2.05, 4.69) is 45.2 Å². The van der Waals surface area contributed by atoms with Crippen LogP contribution in [0.2, 0.25) is 0 Å². The molecule has 0 saturated heterocycles. The quantitative estimate of drug-likeness (QED) is 0.416. The maximum atomic E-state index is 11.5. The summed E-state index contributed by atoms with van der Waals surface area (Å²) in [7, 11) is 0. The van der Waals surface area contributed by atoms with Crippen molar-refractivity contribution < 1.29 is 9.15 Å². The lowest BCUT2D eigenvalue weighted by molar-refractivity contribution is 0.325. The molecule has 0 saturated carbocycles. The Bertz CT molecular complexity index is 548. The van der Waals surface area contributed by atoms with Crippen LogP contribution in [-0.4, -0.2) is 8.54 Å². The van der Waals surface area contributed by atoms with E-state index in [1.54, 1.807) is 12.1 Å². The van der Waals surface area contributed by atoms with Crippen LogP contribution in [0.4, 0.5) is 0 Å². The van der Waals surface area contributed by atoms with Crippen LogP contribution < -0.4 is 10.4 Å². The predicted octanol–water partition coefficient (Wildman–Crippen LogP) is 3.37. The van der Waals surface area contributed by atoms with Gasteiger partial charge in [-0.3, -0.25) is 0 Å². The average molecular weight is 442 g/mol. The van der Waals surface area contributed by atoms with Crippen molar-refractivity contribution in [2.24, 2.45) is 0 Å². The van der Waals surface area contributed by atoms with Crippen molar-refractivity contribution >= 4 is 56.2 Å². The normalized spacial score (nSPS) is 10.9. The first-order valence-corrected chi connectivity index (χ1v) is 7.10. The van der Waals surface area contributed by atoms with Crippen molar-refractivity contribution in [3.63, 3.8) is 0 Å². The molecule has 0 amide bonds. The lowest BCUT2D eigenvalue weighted by Gasteiger charge is -2.05. The predicted molar refractivity (Wildman–Crippen MR) is 79.8 cm³/mol. The van der Waals surface area contributed by atoms with Crippen molar-refractivity contribution in [3.05, 3.63) is 40.8 Å². The lowest BCUT2D eigenvalue weighted by Crippen LogP contribution is -2.11.